The Hall–Kier alpha value is -3.26. The van der Waals surface area contributed by atoms with Crippen molar-refractivity contribution >= 4 is 21.7 Å². The van der Waals surface area contributed by atoms with Crippen molar-refractivity contribution in [3.05, 3.63) is 66.4 Å². The third kappa shape index (κ3) is 4.43. The molecule has 1 N–H and O–H groups in total. The maximum atomic E-state index is 12.7. The molecule has 0 aliphatic carbocycles. The number of carbonyl (C=O) groups is 1. The van der Waals surface area contributed by atoms with Crippen molar-refractivity contribution in [3.8, 4) is 17.0 Å². The van der Waals surface area contributed by atoms with Gasteiger partial charge in [0.25, 0.3) is 10.0 Å². The Morgan fingerprint density at radius 2 is 1.83 bits per heavy atom. The molecule has 0 bridgehead atoms. The summed E-state index contributed by atoms with van der Waals surface area (Å²) in [6.45, 7) is 2.04. The molecule has 0 saturated carbocycles. The Bertz CT molecular complexity index is 1140. The van der Waals surface area contributed by atoms with Gasteiger partial charge < -0.3 is 14.0 Å². The largest absolute Gasteiger partial charge is 0.497 e. The predicted molar refractivity (Wildman–Crippen MR) is 111 cm³/mol. The summed E-state index contributed by atoms with van der Waals surface area (Å²) in [4.78, 5) is 12.1. The van der Waals surface area contributed by atoms with Gasteiger partial charge in [0, 0.05) is 30.1 Å². The van der Waals surface area contributed by atoms with Gasteiger partial charge in [-0.2, -0.15) is 0 Å². The molecule has 0 aliphatic rings. The number of rotatable bonds is 7. The molecular formula is C21H22N2O5S. The van der Waals surface area contributed by atoms with E-state index >= 15 is 0 Å². The fourth-order valence-corrected chi connectivity index (χ4v) is 4.02. The van der Waals surface area contributed by atoms with Crippen LogP contribution in [0.4, 0.5) is 5.69 Å². The molecular weight excluding hydrogens is 392 g/mol. The lowest BCUT2D eigenvalue weighted by Crippen LogP contribution is -2.13. The van der Waals surface area contributed by atoms with Crippen molar-refractivity contribution in [2.24, 2.45) is 7.05 Å². The minimum atomic E-state index is -3.78. The minimum absolute atomic E-state index is 0.103. The van der Waals surface area contributed by atoms with Crippen molar-refractivity contribution in [2.45, 2.75) is 11.8 Å². The molecule has 0 saturated heterocycles. The zero-order valence-electron chi connectivity index (χ0n) is 16.4. The van der Waals surface area contributed by atoms with Crippen LogP contribution in [0.3, 0.4) is 0 Å². The van der Waals surface area contributed by atoms with E-state index in [0.717, 1.165) is 11.3 Å². The molecule has 0 atom stereocenters. The van der Waals surface area contributed by atoms with Crippen LogP contribution in [0.5, 0.6) is 5.75 Å². The van der Waals surface area contributed by atoms with Crippen molar-refractivity contribution in [1.29, 1.82) is 0 Å². The Morgan fingerprint density at radius 1 is 1.07 bits per heavy atom. The number of esters is 1. The first-order chi connectivity index (χ1) is 13.9. The van der Waals surface area contributed by atoms with Crippen molar-refractivity contribution < 1.29 is 22.7 Å². The van der Waals surface area contributed by atoms with Crippen LogP contribution in [-0.2, 0) is 21.8 Å². The van der Waals surface area contributed by atoms with E-state index in [1.165, 1.54) is 19.2 Å². The van der Waals surface area contributed by atoms with E-state index in [1.807, 2.05) is 6.07 Å². The normalized spacial score (nSPS) is 11.1. The van der Waals surface area contributed by atoms with E-state index in [1.54, 1.807) is 61.0 Å². The van der Waals surface area contributed by atoms with Crippen molar-refractivity contribution in [2.75, 3.05) is 18.4 Å². The van der Waals surface area contributed by atoms with Gasteiger partial charge in [0.05, 0.1) is 18.6 Å². The molecule has 29 heavy (non-hydrogen) atoms. The monoisotopic (exact) mass is 414 g/mol. The summed E-state index contributed by atoms with van der Waals surface area (Å²) in [6, 6.07) is 16.7. The third-order valence-electron chi connectivity index (χ3n) is 4.37. The smallest absolute Gasteiger partial charge is 0.354 e. The zero-order chi connectivity index (χ0) is 21.0. The van der Waals surface area contributed by atoms with Crippen molar-refractivity contribution in [3.63, 3.8) is 0 Å². The number of sulfonamides is 1. The number of benzene rings is 2. The summed E-state index contributed by atoms with van der Waals surface area (Å²) < 4.78 is 39.9. The van der Waals surface area contributed by atoms with E-state index in [0.29, 0.717) is 23.7 Å². The molecule has 0 unspecified atom stereocenters. The molecule has 1 heterocycles. The molecule has 7 nitrogen and oxygen atoms in total. The average molecular weight is 414 g/mol. The number of hydrogen-bond donors (Lipinski definition) is 1. The standard InChI is InChI=1S/C21H22N2O5S/c1-4-28-21(24)20-12-11-19(23(20)2)15-7-5-8-16(13-15)22-29(25,26)18-10-6-9-17(14-18)27-3/h5-14,22H,4H2,1-3H3. The number of methoxy groups -OCH3 is 1. The van der Waals surface area contributed by atoms with Gasteiger partial charge in [0.2, 0.25) is 0 Å². The second-order valence-electron chi connectivity index (χ2n) is 6.25. The molecule has 0 spiro atoms. The summed E-state index contributed by atoms with van der Waals surface area (Å²) in [7, 11) is -0.544. The first-order valence-corrected chi connectivity index (χ1v) is 10.4. The lowest BCUT2D eigenvalue weighted by atomic mass is 10.1. The summed E-state index contributed by atoms with van der Waals surface area (Å²) >= 11 is 0. The van der Waals surface area contributed by atoms with Crippen LogP contribution in [0.25, 0.3) is 11.3 Å². The molecule has 3 rings (SSSR count). The molecule has 0 fully saturated rings. The Labute approximate surface area is 169 Å². The molecule has 8 heteroatoms. The van der Waals surface area contributed by atoms with Crippen LogP contribution in [0.2, 0.25) is 0 Å². The van der Waals surface area contributed by atoms with Gasteiger partial charge in [-0.05, 0) is 43.3 Å². The van der Waals surface area contributed by atoms with Gasteiger partial charge in [0.15, 0.2) is 0 Å². The number of carbonyl (C=O) groups excluding carboxylic acids is 1. The molecule has 0 aliphatic heterocycles. The fourth-order valence-electron chi connectivity index (χ4n) is 2.94. The highest BCUT2D eigenvalue weighted by Gasteiger charge is 2.17. The fraction of sp³-hybridized carbons (Fsp3) is 0.190. The zero-order valence-corrected chi connectivity index (χ0v) is 17.2. The SMILES string of the molecule is CCOC(=O)c1ccc(-c2cccc(NS(=O)(=O)c3cccc(OC)c3)c2)n1C. The number of ether oxygens (including phenoxy) is 2. The van der Waals surface area contributed by atoms with Gasteiger partial charge in [-0.1, -0.05) is 18.2 Å². The maximum Gasteiger partial charge on any atom is 0.354 e. The van der Waals surface area contributed by atoms with Gasteiger partial charge in [0.1, 0.15) is 11.4 Å². The molecule has 0 amide bonds. The molecule has 3 aromatic rings. The first-order valence-electron chi connectivity index (χ1n) is 8.96. The Balaban J connectivity index is 1.89. The number of anilines is 1. The number of nitrogens with zero attached hydrogens (tertiary/aromatic N) is 1. The quantitative estimate of drug-likeness (QED) is 0.596. The predicted octanol–water partition coefficient (Wildman–Crippen LogP) is 3.68. The van der Waals surface area contributed by atoms with E-state index in [2.05, 4.69) is 4.72 Å². The second-order valence-corrected chi connectivity index (χ2v) is 7.93. The molecule has 1 aromatic heterocycles. The second kappa shape index (κ2) is 8.40. The van der Waals surface area contributed by atoms with Crippen LogP contribution < -0.4 is 9.46 Å². The van der Waals surface area contributed by atoms with Crippen LogP contribution >= 0.6 is 0 Å². The highest BCUT2D eigenvalue weighted by molar-refractivity contribution is 7.92. The lowest BCUT2D eigenvalue weighted by molar-refractivity contribution is 0.0515. The molecule has 0 radical (unpaired) electrons. The van der Waals surface area contributed by atoms with Gasteiger partial charge >= 0.3 is 5.97 Å². The van der Waals surface area contributed by atoms with Crippen molar-refractivity contribution in [1.82, 2.24) is 4.57 Å². The van der Waals surface area contributed by atoms with E-state index < -0.39 is 16.0 Å². The summed E-state index contributed by atoms with van der Waals surface area (Å²) in [5.74, 6) is 0.0491. The topological polar surface area (TPSA) is 86.6 Å². The highest BCUT2D eigenvalue weighted by atomic mass is 32.2. The number of aromatic nitrogens is 1. The summed E-state index contributed by atoms with van der Waals surface area (Å²) in [6.07, 6.45) is 0. The minimum Gasteiger partial charge on any atom is -0.497 e. The Morgan fingerprint density at radius 3 is 2.55 bits per heavy atom. The Kier molecular flexibility index (Phi) is 5.93. The van der Waals surface area contributed by atoms with Crippen LogP contribution in [0, 0.1) is 0 Å². The third-order valence-corrected chi connectivity index (χ3v) is 5.75. The van der Waals surface area contributed by atoms with Gasteiger partial charge in [-0.3, -0.25) is 4.72 Å². The highest BCUT2D eigenvalue weighted by Crippen LogP contribution is 2.26. The number of hydrogen-bond acceptors (Lipinski definition) is 5. The summed E-state index contributed by atoms with van der Waals surface area (Å²) in [5.41, 5.74) is 2.35. The van der Waals surface area contributed by atoms with Crippen LogP contribution in [-0.4, -0.2) is 32.7 Å². The van der Waals surface area contributed by atoms with Crippen LogP contribution in [0.1, 0.15) is 17.4 Å². The van der Waals surface area contributed by atoms with Crippen LogP contribution in [0.15, 0.2) is 65.6 Å². The van der Waals surface area contributed by atoms with Gasteiger partial charge in [-0.25, -0.2) is 13.2 Å². The first kappa shape index (κ1) is 20.5. The molecule has 2 aromatic carbocycles. The van der Waals surface area contributed by atoms with Gasteiger partial charge in [-0.15, -0.1) is 0 Å². The van der Waals surface area contributed by atoms with E-state index in [9.17, 15) is 13.2 Å². The maximum absolute atomic E-state index is 12.7. The molecule has 152 valence electrons. The van der Waals surface area contributed by atoms with E-state index in [4.69, 9.17) is 9.47 Å². The lowest BCUT2D eigenvalue weighted by Gasteiger charge is -2.11. The summed E-state index contributed by atoms with van der Waals surface area (Å²) in [5, 5.41) is 0. The average Bonchev–Trinajstić information content (AvgIpc) is 3.09. The number of nitrogens with one attached hydrogen (secondary N) is 1. The van der Waals surface area contributed by atoms with E-state index in [-0.39, 0.29) is 4.90 Å².